The summed E-state index contributed by atoms with van der Waals surface area (Å²) in [6.45, 7) is 1.75. The van der Waals surface area contributed by atoms with Gasteiger partial charge in [-0.05, 0) is 24.6 Å². The molecule has 0 bridgehead atoms. The molecule has 0 aliphatic carbocycles. The Morgan fingerprint density at radius 1 is 1.45 bits per heavy atom. The van der Waals surface area contributed by atoms with Crippen molar-refractivity contribution in [1.82, 2.24) is 4.31 Å². The van der Waals surface area contributed by atoms with Crippen molar-refractivity contribution in [3.63, 3.8) is 0 Å². The molecule has 0 aromatic heterocycles. The number of hydrogen-bond acceptors (Lipinski definition) is 5. The summed E-state index contributed by atoms with van der Waals surface area (Å²) in [5, 5.41) is 9.17. The second-order valence-electron chi connectivity index (χ2n) is 5.29. The SMILES string of the molecule is CN(C)S(=O)(=O)c1ccc(N2CCC(CO)C2)c(N)c1. The molecule has 7 heteroatoms. The molecule has 1 aromatic rings. The maximum absolute atomic E-state index is 12.0. The number of aliphatic hydroxyl groups is 1. The van der Waals surface area contributed by atoms with Gasteiger partial charge in [-0.15, -0.1) is 0 Å². The second-order valence-corrected chi connectivity index (χ2v) is 7.44. The van der Waals surface area contributed by atoms with Crippen LogP contribution >= 0.6 is 0 Å². The number of benzene rings is 1. The van der Waals surface area contributed by atoms with E-state index >= 15 is 0 Å². The summed E-state index contributed by atoms with van der Waals surface area (Å²) in [6.07, 6.45) is 0.924. The van der Waals surface area contributed by atoms with E-state index in [4.69, 9.17) is 10.8 Å². The van der Waals surface area contributed by atoms with Gasteiger partial charge in [0.25, 0.3) is 0 Å². The number of rotatable bonds is 4. The van der Waals surface area contributed by atoms with Crippen LogP contribution in [-0.4, -0.2) is 51.6 Å². The molecular weight excluding hydrogens is 278 g/mol. The molecule has 1 unspecified atom stereocenters. The monoisotopic (exact) mass is 299 g/mol. The third-order valence-corrected chi connectivity index (χ3v) is 5.47. The number of nitrogens with zero attached hydrogens (tertiary/aromatic N) is 2. The molecule has 1 saturated heterocycles. The summed E-state index contributed by atoms with van der Waals surface area (Å²) in [5.41, 5.74) is 7.28. The van der Waals surface area contributed by atoms with Gasteiger partial charge in [-0.3, -0.25) is 0 Å². The Kier molecular flexibility index (Phi) is 4.22. The third kappa shape index (κ3) is 2.74. The van der Waals surface area contributed by atoms with Gasteiger partial charge in [-0.2, -0.15) is 0 Å². The number of anilines is 2. The van der Waals surface area contributed by atoms with Crippen LogP contribution in [0.3, 0.4) is 0 Å². The van der Waals surface area contributed by atoms with Crippen LogP contribution in [0.15, 0.2) is 23.1 Å². The van der Waals surface area contributed by atoms with Gasteiger partial charge in [0.2, 0.25) is 10.0 Å². The van der Waals surface area contributed by atoms with Gasteiger partial charge in [-0.1, -0.05) is 0 Å². The Morgan fingerprint density at radius 2 is 2.15 bits per heavy atom. The van der Waals surface area contributed by atoms with E-state index in [-0.39, 0.29) is 17.4 Å². The quantitative estimate of drug-likeness (QED) is 0.783. The number of sulfonamides is 1. The van der Waals surface area contributed by atoms with E-state index in [1.807, 2.05) is 0 Å². The molecule has 0 saturated carbocycles. The van der Waals surface area contributed by atoms with Crippen molar-refractivity contribution in [3.8, 4) is 0 Å². The maximum Gasteiger partial charge on any atom is 0.242 e. The predicted molar refractivity (Wildman–Crippen MR) is 79.1 cm³/mol. The first-order chi connectivity index (χ1) is 9.36. The zero-order valence-corrected chi connectivity index (χ0v) is 12.6. The lowest BCUT2D eigenvalue weighted by Gasteiger charge is -2.21. The normalized spacial score (nSPS) is 19.8. The van der Waals surface area contributed by atoms with Crippen LogP contribution in [0.4, 0.5) is 11.4 Å². The van der Waals surface area contributed by atoms with Crippen molar-refractivity contribution in [2.75, 3.05) is 44.4 Å². The molecule has 1 fully saturated rings. The summed E-state index contributed by atoms with van der Waals surface area (Å²) >= 11 is 0. The molecule has 1 aromatic carbocycles. The zero-order valence-electron chi connectivity index (χ0n) is 11.8. The lowest BCUT2D eigenvalue weighted by atomic mass is 10.1. The smallest absolute Gasteiger partial charge is 0.242 e. The highest BCUT2D eigenvalue weighted by molar-refractivity contribution is 7.89. The first-order valence-electron chi connectivity index (χ1n) is 6.54. The van der Waals surface area contributed by atoms with Crippen molar-refractivity contribution >= 4 is 21.4 Å². The van der Waals surface area contributed by atoms with E-state index in [0.717, 1.165) is 25.2 Å². The molecule has 1 aliphatic rings. The standard InChI is InChI=1S/C13H21N3O3S/c1-15(2)20(18,19)11-3-4-13(12(14)7-11)16-6-5-10(8-16)9-17/h3-4,7,10,17H,5-6,8-9,14H2,1-2H3. The topological polar surface area (TPSA) is 86.9 Å². The average Bonchev–Trinajstić information content (AvgIpc) is 2.86. The van der Waals surface area contributed by atoms with Crippen molar-refractivity contribution in [3.05, 3.63) is 18.2 Å². The minimum Gasteiger partial charge on any atom is -0.397 e. The molecule has 2 rings (SSSR count). The molecule has 1 heterocycles. The summed E-state index contributed by atoms with van der Waals surface area (Å²) < 4.78 is 25.2. The minimum absolute atomic E-state index is 0.170. The molecule has 20 heavy (non-hydrogen) atoms. The van der Waals surface area contributed by atoms with Crippen LogP contribution in [-0.2, 0) is 10.0 Å². The highest BCUT2D eigenvalue weighted by Gasteiger charge is 2.24. The van der Waals surface area contributed by atoms with Crippen molar-refractivity contribution in [2.24, 2.45) is 5.92 Å². The van der Waals surface area contributed by atoms with E-state index in [1.54, 1.807) is 12.1 Å². The number of nitrogen functional groups attached to an aromatic ring is 1. The van der Waals surface area contributed by atoms with Gasteiger partial charge in [0, 0.05) is 39.7 Å². The van der Waals surface area contributed by atoms with Gasteiger partial charge >= 0.3 is 0 Å². The van der Waals surface area contributed by atoms with Gasteiger partial charge in [0.05, 0.1) is 16.3 Å². The first kappa shape index (κ1) is 15.1. The number of aliphatic hydroxyl groups excluding tert-OH is 1. The number of nitrogens with two attached hydrogens (primary N) is 1. The van der Waals surface area contributed by atoms with Crippen molar-refractivity contribution in [1.29, 1.82) is 0 Å². The van der Waals surface area contributed by atoms with Crippen LogP contribution in [0.2, 0.25) is 0 Å². The van der Waals surface area contributed by atoms with Crippen LogP contribution in [0.25, 0.3) is 0 Å². The van der Waals surface area contributed by atoms with E-state index in [1.165, 1.54) is 24.5 Å². The molecule has 6 nitrogen and oxygen atoms in total. The molecule has 0 spiro atoms. The van der Waals surface area contributed by atoms with E-state index in [2.05, 4.69) is 4.90 Å². The molecule has 1 aliphatic heterocycles. The fourth-order valence-electron chi connectivity index (χ4n) is 2.39. The fraction of sp³-hybridized carbons (Fsp3) is 0.538. The van der Waals surface area contributed by atoms with Crippen molar-refractivity contribution in [2.45, 2.75) is 11.3 Å². The first-order valence-corrected chi connectivity index (χ1v) is 7.98. The predicted octanol–water partition coefficient (Wildman–Crippen LogP) is 0.338. The Bertz CT molecular complexity index is 587. The molecule has 112 valence electrons. The largest absolute Gasteiger partial charge is 0.397 e. The molecule has 0 amide bonds. The number of hydrogen-bond donors (Lipinski definition) is 2. The lowest BCUT2D eigenvalue weighted by molar-refractivity contribution is 0.238. The van der Waals surface area contributed by atoms with Gasteiger partial charge < -0.3 is 15.7 Å². The van der Waals surface area contributed by atoms with E-state index < -0.39 is 10.0 Å². The van der Waals surface area contributed by atoms with E-state index in [9.17, 15) is 8.42 Å². The highest BCUT2D eigenvalue weighted by atomic mass is 32.2. The molecular formula is C13H21N3O3S. The molecule has 3 N–H and O–H groups in total. The maximum atomic E-state index is 12.0. The van der Waals surface area contributed by atoms with Crippen molar-refractivity contribution < 1.29 is 13.5 Å². The van der Waals surface area contributed by atoms with Gasteiger partial charge in [-0.25, -0.2) is 12.7 Å². The highest BCUT2D eigenvalue weighted by Crippen LogP contribution is 2.31. The zero-order chi connectivity index (χ0) is 14.9. The summed E-state index contributed by atoms with van der Waals surface area (Å²) in [6, 6.07) is 4.82. The van der Waals surface area contributed by atoms with Gasteiger partial charge in [0.15, 0.2) is 0 Å². The summed E-state index contributed by atoms with van der Waals surface area (Å²) in [5.74, 6) is 0.264. The molecule has 1 atom stereocenters. The second kappa shape index (κ2) is 5.59. The Hall–Kier alpha value is -1.31. The lowest BCUT2D eigenvalue weighted by Crippen LogP contribution is -2.24. The van der Waals surface area contributed by atoms with Crippen LogP contribution in [0.5, 0.6) is 0 Å². The fourth-order valence-corrected chi connectivity index (χ4v) is 3.33. The Balaban J connectivity index is 2.28. The Labute approximate surface area is 119 Å². The van der Waals surface area contributed by atoms with Gasteiger partial charge in [0.1, 0.15) is 0 Å². The van der Waals surface area contributed by atoms with Crippen LogP contribution < -0.4 is 10.6 Å². The summed E-state index contributed by atoms with van der Waals surface area (Å²) in [4.78, 5) is 2.28. The van der Waals surface area contributed by atoms with Crippen LogP contribution in [0.1, 0.15) is 6.42 Å². The third-order valence-electron chi connectivity index (χ3n) is 3.66. The van der Waals surface area contributed by atoms with Crippen LogP contribution in [0, 0.1) is 5.92 Å². The summed E-state index contributed by atoms with van der Waals surface area (Å²) in [7, 11) is -0.477. The molecule has 0 radical (unpaired) electrons. The average molecular weight is 299 g/mol. The van der Waals surface area contributed by atoms with E-state index in [0.29, 0.717) is 5.69 Å². The minimum atomic E-state index is -3.46. The Morgan fingerprint density at radius 3 is 2.65 bits per heavy atom.